The van der Waals surface area contributed by atoms with Crippen LogP contribution in [0.4, 0.5) is 22.0 Å². The highest BCUT2D eigenvalue weighted by Crippen LogP contribution is 2.28. The van der Waals surface area contributed by atoms with Crippen molar-refractivity contribution in [3.05, 3.63) is 106 Å². The van der Waals surface area contributed by atoms with Gasteiger partial charge in [-0.2, -0.15) is 8.78 Å². The Hall–Kier alpha value is -3.61. The van der Waals surface area contributed by atoms with Crippen LogP contribution in [0.25, 0.3) is 10.8 Å². The maximum absolute atomic E-state index is 15.2. The molecular formula is C33H33F5O2. The van der Waals surface area contributed by atoms with Gasteiger partial charge in [-0.15, -0.1) is 0 Å². The molecule has 0 amide bonds. The topological polar surface area (TPSA) is 18.5 Å². The van der Waals surface area contributed by atoms with Crippen LogP contribution in [0, 0.1) is 17.5 Å². The van der Waals surface area contributed by atoms with Gasteiger partial charge in [0.25, 0.3) is 0 Å². The Labute approximate surface area is 231 Å². The molecule has 4 aromatic carbocycles. The molecule has 212 valence electrons. The Morgan fingerprint density at radius 1 is 0.675 bits per heavy atom. The molecule has 0 radical (unpaired) electrons. The first kappa shape index (κ1) is 29.4. The van der Waals surface area contributed by atoms with E-state index in [0.29, 0.717) is 10.9 Å². The van der Waals surface area contributed by atoms with Gasteiger partial charge in [-0.3, -0.25) is 0 Å². The van der Waals surface area contributed by atoms with Crippen molar-refractivity contribution >= 4 is 10.8 Å². The Balaban J connectivity index is 1.34. The fourth-order valence-corrected chi connectivity index (χ4v) is 4.73. The molecule has 0 spiro atoms. The van der Waals surface area contributed by atoms with E-state index in [0.717, 1.165) is 54.7 Å². The highest BCUT2D eigenvalue weighted by Gasteiger charge is 2.17. The maximum Gasteiger partial charge on any atom is 0.387 e. The molecule has 0 saturated carbocycles. The number of hydrogen-bond donors (Lipinski definition) is 0. The lowest BCUT2D eigenvalue weighted by Crippen LogP contribution is -2.06. The number of rotatable bonds is 14. The second-order valence-corrected chi connectivity index (χ2v) is 9.91. The molecule has 0 unspecified atom stereocenters. The van der Waals surface area contributed by atoms with Crippen LogP contribution in [0.5, 0.6) is 11.5 Å². The molecular weight excluding hydrogens is 523 g/mol. The molecule has 0 N–H and O–H groups in total. The van der Waals surface area contributed by atoms with Crippen molar-refractivity contribution < 1.29 is 31.4 Å². The number of benzene rings is 4. The van der Waals surface area contributed by atoms with Crippen molar-refractivity contribution in [3.8, 4) is 11.5 Å². The van der Waals surface area contributed by atoms with Gasteiger partial charge in [0.1, 0.15) is 11.6 Å². The minimum atomic E-state index is -3.33. The third-order valence-electron chi connectivity index (χ3n) is 6.94. The largest absolute Gasteiger partial charge is 0.494 e. The van der Waals surface area contributed by atoms with E-state index in [9.17, 15) is 17.6 Å². The van der Waals surface area contributed by atoms with Gasteiger partial charge < -0.3 is 9.47 Å². The number of halogens is 5. The van der Waals surface area contributed by atoms with Crippen molar-refractivity contribution in [3.63, 3.8) is 0 Å². The van der Waals surface area contributed by atoms with Crippen molar-refractivity contribution in [2.24, 2.45) is 0 Å². The van der Waals surface area contributed by atoms with Crippen LogP contribution < -0.4 is 9.47 Å². The average molecular weight is 557 g/mol. The molecule has 4 rings (SSSR count). The average Bonchev–Trinajstić information content (AvgIpc) is 2.94. The third kappa shape index (κ3) is 7.96. The van der Waals surface area contributed by atoms with Gasteiger partial charge in [0, 0.05) is 5.39 Å². The van der Waals surface area contributed by atoms with Crippen LogP contribution in [0.15, 0.2) is 66.7 Å². The molecule has 0 heterocycles. The maximum atomic E-state index is 15.2. The Bertz CT molecular complexity index is 1380. The van der Waals surface area contributed by atoms with Gasteiger partial charge in [0.05, 0.1) is 6.61 Å². The smallest absolute Gasteiger partial charge is 0.387 e. The zero-order valence-corrected chi connectivity index (χ0v) is 22.5. The van der Waals surface area contributed by atoms with E-state index < -0.39 is 24.0 Å². The number of ether oxygens (including phenoxy) is 2. The molecule has 0 aromatic heterocycles. The van der Waals surface area contributed by atoms with Crippen molar-refractivity contribution in [1.82, 2.24) is 0 Å². The van der Waals surface area contributed by atoms with Crippen LogP contribution in [0.1, 0.15) is 54.9 Å². The highest BCUT2D eigenvalue weighted by atomic mass is 19.3. The summed E-state index contributed by atoms with van der Waals surface area (Å²) in [4.78, 5) is 0. The second-order valence-electron chi connectivity index (χ2n) is 9.91. The van der Waals surface area contributed by atoms with Crippen LogP contribution >= 0.6 is 0 Å². The lowest BCUT2D eigenvalue weighted by atomic mass is 9.97. The molecule has 40 heavy (non-hydrogen) atoms. The summed E-state index contributed by atoms with van der Waals surface area (Å²) in [5.41, 5.74) is 2.91. The molecule has 0 bridgehead atoms. The van der Waals surface area contributed by atoms with E-state index in [1.165, 1.54) is 24.8 Å². The number of aryl methyl sites for hydroxylation is 4. The van der Waals surface area contributed by atoms with Gasteiger partial charge in [-0.1, -0.05) is 68.7 Å². The molecule has 4 aromatic rings. The third-order valence-corrected chi connectivity index (χ3v) is 6.94. The van der Waals surface area contributed by atoms with Gasteiger partial charge in [-0.25, -0.2) is 13.2 Å². The summed E-state index contributed by atoms with van der Waals surface area (Å²) in [5.74, 6) is -3.06. The fourth-order valence-electron chi connectivity index (χ4n) is 4.73. The lowest BCUT2D eigenvalue weighted by molar-refractivity contribution is -0.0546. The monoisotopic (exact) mass is 556 g/mol. The lowest BCUT2D eigenvalue weighted by Gasteiger charge is -2.11. The normalized spacial score (nSPS) is 11.4. The summed E-state index contributed by atoms with van der Waals surface area (Å²) in [7, 11) is 0. The standard InChI is InChI=1S/C33H33F5O2/c1-2-3-4-5-18-39-27-15-9-22(10-16-27)6-7-23-11-17-28-26(19-23)14-13-25(31(28)36)12-8-24-20-29(34)32(30(35)21-24)40-33(37)38/h9-11,13-17,19-21,33H,2-8,12,18H2,1H3. The fraction of sp³-hybridized carbons (Fsp3) is 0.333. The van der Waals surface area contributed by atoms with Crippen LogP contribution in [0.2, 0.25) is 0 Å². The Kier molecular flexibility index (Phi) is 10.4. The Morgan fingerprint density at radius 3 is 2.05 bits per heavy atom. The van der Waals surface area contributed by atoms with E-state index in [2.05, 4.69) is 23.8 Å². The van der Waals surface area contributed by atoms with Gasteiger partial charge in [0.15, 0.2) is 17.4 Å². The van der Waals surface area contributed by atoms with Crippen molar-refractivity contribution in [2.45, 2.75) is 64.9 Å². The molecule has 0 aliphatic heterocycles. The molecule has 0 atom stereocenters. The first-order valence-electron chi connectivity index (χ1n) is 13.7. The zero-order chi connectivity index (χ0) is 28.5. The zero-order valence-electron chi connectivity index (χ0n) is 22.5. The summed E-state index contributed by atoms with van der Waals surface area (Å²) in [6.45, 7) is -0.413. The van der Waals surface area contributed by atoms with Crippen molar-refractivity contribution in [1.29, 1.82) is 0 Å². The van der Waals surface area contributed by atoms with Crippen molar-refractivity contribution in [2.75, 3.05) is 6.61 Å². The minimum absolute atomic E-state index is 0.131. The van der Waals surface area contributed by atoms with Gasteiger partial charge in [-0.05, 0) is 84.0 Å². The predicted molar refractivity (Wildman–Crippen MR) is 148 cm³/mol. The first-order valence-corrected chi connectivity index (χ1v) is 13.7. The van der Waals surface area contributed by atoms with E-state index in [4.69, 9.17) is 4.74 Å². The van der Waals surface area contributed by atoms with Crippen LogP contribution in [0.3, 0.4) is 0 Å². The van der Waals surface area contributed by atoms with E-state index in [1.54, 1.807) is 12.1 Å². The number of alkyl halides is 2. The molecule has 0 aliphatic rings. The van der Waals surface area contributed by atoms with E-state index in [-0.39, 0.29) is 24.2 Å². The summed E-state index contributed by atoms with van der Waals surface area (Å²) in [5, 5.41) is 1.25. The Morgan fingerprint density at radius 2 is 1.35 bits per heavy atom. The van der Waals surface area contributed by atoms with Crippen LogP contribution in [-0.4, -0.2) is 13.2 Å². The second kappa shape index (κ2) is 14.1. The van der Waals surface area contributed by atoms with Crippen LogP contribution in [-0.2, 0) is 25.7 Å². The predicted octanol–water partition coefficient (Wildman–Crippen LogP) is 9.39. The summed E-state index contributed by atoms with van der Waals surface area (Å²) >= 11 is 0. The SMILES string of the molecule is CCCCCCOc1ccc(CCc2ccc3c(F)c(CCc4cc(F)c(OC(F)F)c(F)c4)ccc3c2)cc1. The number of unbranched alkanes of at least 4 members (excludes halogenated alkanes) is 3. The highest BCUT2D eigenvalue weighted by molar-refractivity contribution is 5.84. The summed E-state index contributed by atoms with van der Waals surface area (Å²) in [6.07, 6.45) is 6.66. The molecule has 7 heteroatoms. The van der Waals surface area contributed by atoms with E-state index >= 15 is 4.39 Å². The number of hydrogen-bond acceptors (Lipinski definition) is 2. The molecule has 0 aliphatic carbocycles. The molecule has 0 saturated heterocycles. The van der Waals surface area contributed by atoms with E-state index in [1.807, 2.05) is 30.3 Å². The minimum Gasteiger partial charge on any atom is -0.494 e. The molecule has 0 fully saturated rings. The summed E-state index contributed by atoms with van der Waals surface area (Å²) in [6, 6.07) is 19.2. The van der Waals surface area contributed by atoms with Gasteiger partial charge >= 0.3 is 6.61 Å². The quantitative estimate of drug-likeness (QED) is 0.114. The van der Waals surface area contributed by atoms with Gasteiger partial charge in [0.2, 0.25) is 0 Å². The molecule has 2 nitrogen and oxygen atoms in total. The summed E-state index contributed by atoms with van der Waals surface area (Å²) < 4.78 is 77.7. The number of fused-ring (bicyclic) bond motifs is 1. The first-order chi connectivity index (χ1) is 19.3.